The van der Waals surface area contributed by atoms with Crippen LogP contribution in [0.25, 0.3) is 0 Å². The molecule has 0 unspecified atom stereocenters. The van der Waals surface area contributed by atoms with Crippen molar-refractivity contribution in [3.8, 4) is 0 Å². The van der Waals surface area contributed by atoms with Crippen LogP contribution in [-0.4, -0.2) is 21.2 Å². The Bertz CT molecular complexity index is 712. The molecule has 0 aliphatic heterocycles. The number of nitrogens with zero attached hydrogens (tertiary/aromatic N) is 1. The summed E-state index contributed by atoms with van der Waals surface area (Å²) in [5, 5.41) is 0. The van der Waals surface area contributed by atoms with Crippen molar-refractivity contribution in [3.63, 3.8) is 0 Å². The SMILES string of the molecule is CCCCCCCCCCCCCCCCCCS(=O)(=O)N(C)c1cc(N)c(C)c(N)c1. The fourth-order valence-corrected chi connectivity index (χ4v) is 5.32. The third-order valence-electron chi connectivity index (χ3n) is 6.51. The zero-order valence-corrected chi connectivity index (χ0v) is 21.8. The first-order valence-electron chi connectivity index (χ1n) is 12.9. The molecular weight excluding hydrogens is 418 g/mol. The molecule has 0 saturated heterocycles. The Labute approximate surface area is 198 Å². The topological polar surface area (TPSA) is 89.4 Å². The smallest absolute Gasteiger partial charge is 0.234 e. The first-order chi connectivity index (χ1) is 15.3. The molecule has 0 spiro atoms. The molecule has 32 heavy (non-hydrogen) atoms. The number of anilines is 3. The molecule has 0 amide bonds. The third-order valence-corrected chi connectivity index (χ3v) is 8.36. The van der Waals surface area contributed by atoms with E-state index in [2.05, 4.69) is 6.92 Å². The van der Waals surface area contributed by atoms with Crippen LogP contribution < -0.4 is 15.8 Å². The van der Waals surface area contributed by atoms with E-state index in [4.69, 9.17) is 11.5 Å². The summed E-state index contributed by atoms with van der Waals surface area (Å²) in [6.07, 6.45) is 20.4. The Morgan fingerprint density at radius 1 is 0.688 bits per heavy atom. The van der Waals surface area contributed by atoms with Gasteiger partial charge in [0.2, 0.25) is 10.0 Å². The Morgan fingerprint density at radius 3 is 1.41 bits per heavy atom. The molecule has 1 aromatic rings. The van der Waals surface area contributed by atoms with Crippen molar-refractivity contribution in [2.24, 2.45) is 0 Å². The Hall–Kier alpha value is -1.43. The zero-order valence-electron chi connectivity index (χ0n) is 21.0. The highest BCUT2D eigenvalue weighted by Crippen LogP contribution is 2.28. The van der Waals surface area contributed by atoms with E-state index in [9.17, 15) is 8.42 Å². The number of hydrogen-bond donors (Lipinski definition) is 2. The third kappa shape index (κ3) is 11.4. The second-order valence-electron chi connectivity index (χ2n) is 9.34. The number of rotatable bonds is 19. The lowest BCUT2D eigenvalue weighted by atomic mass is 10.0. The second-order valence-corrected chi connectivity index (χ2v) is 11.5. The van der Waals surface area contributed by atoms with Crippen LogP contribution in [0.1, 0.15) is 115 Å². The van der Waals surface area contributed by atoms with Crippen molar-refractivity contribution >= 4 is 27.1 Å². The summed E-state index contributed by atoms with van der Waals surface area (Å²) < 4.78 is 26.6. The van der Waals surface area contributed by atoms with Gasteiger partial charge in [0.15, 0.2) is 0 Å². The molecule has 4 N–H and O–H groups in total. The van der Waals surface area contributed by atoms with Crippen molar-refractivity contribution in [2.45, 2.75) is 117 Å². The van der Waals surface area contributed by atoms with Crippen LogP contribution in [0.5, 0.6) is 0 Å². The van der Waals surface area contributed by atoms with E-state index in [1.807, 2.05) is 6.92 Å². The molecule has 6 heteroatoms. The highest BCUT2D eigenvalue weighted by Gasteiger charge is 2.19. The van der Waals surface area contributed by atoms with Crippen LogP contribution in [-0.2, 0) is 10.0 Å². The van der Waals surface area contributed by atoms with E-state index in [1.54, 1.807) is 19.2 Å². The summed E-state index contributed by atoms with van der Waals surface area (Å²) in [7, 11) is -1.78. The van der Waals surface area contributed by atoms with Gasteiger partial charge in [-0.2, -0.15) is 0 Å². The molecule has 0 aliphatic rings. The largest absolute Gasteiger partial charge is 0.398 e. The van der Waals surface area contributed by atoms with E-state index in [1.165, 1.54) is 87.8 Å². The first kappa shape index (κ1) is 28.6. The number of sulfonamides is 1. The molecule has 5 nitrogen and oxygen atoms in total. The van der Waals surface area contributed by atoms with Crippen molar-refractivity contribution in [3.05, 3.63) is 17.7 Å². The molecule has 0 radical (unpaired) electrons. The fraction of sp³-hybridized carbons (Fsp3) is 0.769. The highest BCUT2D eigenvalue weighted by molar-refractivity contribution is 7.92. The predicted octanol–water partition coefficient (Wildman–Crippen LogP) is 7.19. The van der Waals surface area contributed by atoms with Gasteiger partial charge in [-0.05, 0) is 31.0 Å². The molecule has 0 bridgehead atoms. The lowest BCUT2D eigenvalue weighted by molar-refractivity contribution is 0.530. The minimum absolute atomic E-state index is 0.162. The second kappa shape index (κ2) is 16.2. The van der Waals surface area contributed by atoms with Crippen molar-refractivity contribution in [1.82, 2.24) is 0 Å². The van der Waals surface area contributed by atoms with E-state index in [-0.39, 0.29) is 5.75 Å². The minimum atomic E-state index is -3.36. The van der Waals surface area contributed by atoms with Gasteiger partial charge >= 0.3 is 0 Å². The highest BCUT2D eigenvalue weighted by atomic mass is 32.2. The summed E-state index contributed by atoms with van der Waals surface area (Å²) in [6.45, 7) is 4.10. The first-order valence-corrected chi connectivity index (χ1v) is 14.5. The molecule has 0 aromatic heterocycles. The number of nitrogens with two attached hydrogens (primary N) is 2. The maximum Gasteiger partial charge on any atom is 0.234 e. The van der Waals surface area contributed by atoms with Crippen LogP contribution in [0.15, 0.2) is 12.1 Å². The molecule has 0 fully saturated rings. The van der Waals surface area contributed by atoms with E-state index >= 15 is 0 Å². The van der Waals surface area contributed by atoms with Crippen LogP contribution in [0.3, 0.4) is 0 Å². The molecule has 186 valence electrons. The molecule has 0 atom stereocenters. The summed E-state index contributed by atoms with van der Waals surface area (Å²) in [5.74, 6) is 0.162. The summed E-state index contributed by atoms with van der Waals surface area (Å²) in [4.78, 5) is 0. The Balaban J connectivity index is 2.06. The van der Waals surface area contributed by atoms with Crippen LogP contribution in [0.4, 0.5) is 17.1 Å². The molecular formula is C26H49N3O2S. The molecule has 0 saturated carbocycles. The lowest BCUT2D eigenvalue weighted by Crippen LogP contribution is -2.29. The Morgan fingerprint density at radius 2 is 1.03 bits per heavy atom. The average Bonchev–Trinajstić information content (AvgIpc) is 2.76. The number of nitrogen functional groups attached to an aromatic ring is 2. The van der Waals surface area contributed by atoms with Crippen molar-refractivity contribution < 1.29 is 8.42 Å². The van der Waals surface area contributed by atoms with Gasteiger partial charge in [0, 0.05) is 18.4 Å². The number of unbranched alkanes of at least 4 members (excludes halogenated alkanes) is 15. The predicted molar refractivity (Wildman–Crippen MR) is 142 cm³/mol. The molecule has 0 aliphatic carbocycles. The van der Waals surface area contributed by atoms with Crippen LogP contribution >= 0.6 is 0 Å². The van der Waals surface area contributed by atoms with E-state index in [0.29, 0.717) is 23.5 Å². The average molecular weight is 468 g/mol. The zero-order chi connectivity index (χ0) is 23.8. The van der Waals surface area contributed by atoms with Crippen LogP contribution in [0, 0.1) is 6.92 Å². The normalized spacial score (nSPS) is 11.7. The molecule has 0 heterocycles. The molecule has 1 rings (SSSR count). The quantitative estimate of drug-likeness (QED) is 0.166. The summed E-state index contributed by atoms with van der Waals surface area (Å²) in [5.41, 5.74) is 14.2. The van der Waals surface area contributed by atoms with Gasteiger partial charge in [-0.15, -0.1) is 0 Å². The fourth-order valence-electron chi connectivity index (χ4n) is 4.06. The van der Waals surface area contributed by atoms with Crippen LogP contribution in [0.2, 0.25) is 0 Å². The van der Waals surface area contributed by atoms with Crippen molar-refractivity contribution in [2.75, 3.05) is 28.6 Å². The summed E-state index contributed by atoms with van der Waals surface area (Å²) in [6, 6.07) is 3.35. The van der Waals surface area contributed by atoms with Gasteiger partial charge in [-0.1, -0.05) is 103 Å². The molecule has 1 aromatic carbocycles. The van der Waals surface area contributed by atoms with Gasteiger partial charge in [0.1, 0.15) is 0 Å². The van der Waals surface area contributed by atoms with Gasteiger partial charge in [0.05, 0.1) is 11.4 Å². The van der Waals surface area contributed by atoms with Gasteiger partial charge in [-0.25, -0.2) is 8.42 Å². The van der Waals surface area contributed by atoms with Gasteiger partial charge < -0.3 is 11.5 Å². The standard InChI is InChI=1S/C26H49N3O2S/c1-4-5-6-7-8-9-10-11-12-13-14-15-16-17-18-19-20-32(30,31)29(3)24-21-25(27)23(2)26(28)22-24/h21-22H,4-20,27-28H2,1-3H3. The number of benzene rings is 1. The monoisotopic (exact) mass is 467 g/mol. The lowest BCUT2D eigenvalue weighted by Gasteiger charge is -2.21. The maximum absolute atomic E-state index is 12.6. The van der Waals surface area contributed by atoms with Crippen molar-refractivity contribution in [1.29, 1.82) is 0 Å². The Kier molecular flexibility index (Phi) is 14.5. The number of hydrogen-bond acceptors (Lipinski definition) is 4. The maximum atomic E-state index is 12.6. The van der Waals surface area contributed by atoms with E-state index in [0.717, 1.165) is 18.4 Å². The summed E-state index contributed by atoms with van der Waals surface area (Å²) >= 11 is 0. The van der Waals surface area contributed by atoms with E-state index < -0.39 is 10.0 Å². The minimum Gasteiger partial charge on any atom is -0.398 e. The van der Waals surface area contributed by atoms with Gasteiger partial charge in [0.25, 0.3) is 0 Å². The van der Waals surface area contributed by atoms with Gasteiger partial charge in [-0.3, -0.25) is 4.31 Å².